The maximum absolute atomic E-state index is 6.39. The second kappa shape index (κ2) is 6.72. The van der Waals surface area contributed by atoms with Gasteiger partial charge in [0.2, 0.25) is 0 Å². The molecule has 1 nitrogen and oxygen atoms in total. The summed E-state index contributed by atoms with van der Waals surface area (Å²) in [5.41, 5.74) is 7.76. The molecule has 0 aromatic heterocycles. The third-order valence-corrected chi connectivity index (χ3v) is 4.99. The molecule has 0 radical (unpaired) electrons. The highest BCUT2D eigenvalue weighted by atomic mass is 79.9. The van der Waals surface area contributed by atoms with Gasteiger partial charge < -0.3 is 5.73 Å². The highest BCUT2D eigenvalue weighted by Gasteiger charge is 2.24. The molecule has 2 rings (SSSR count). The van der Waals surface area contributed by atoms with Crippen LogP contribution in [0.3, 0.4) is 0 Å². The van der Waals surface area contributed by atoms with E-state index in [1.54, 1.807) is 0 Å². The molecule has 2 N–H and O–H groups in total. The van der Waals surface area contributed by atoms with Crippen LogP contribution < -0.4 is 5.73 Å². The van der Waals surface area contributed by atoms with Crippen molar-refractivity contribution < 1.29 is 0 Å². The molecule has 0 saturated heterocycles. The lowest BCUT2D eigenvalue weighted by atomic mass is 9.76. The van der Waals surface area contributed by atoms with Gasteiger partial charge in [-0.05, 0) is 48.8 Å². The van der Waals surface area contributed by atoms with Crippen LogP contribution in [0.25, 0.3) is 0 Å². The molecule has 1 unspecified atom stereocenters. The van der Waals surface area contributed by atoms with Gasteiger partial charge in [0.05, 0.1) is 0 Å². The van der Waals surface area contributed by atoms with Gasteiger partial charge >= 0.3 is 0 Å². The number of nitrogens with two attached hydrogens (primary N) is 1. The molecule has 0 aliphatic heterocycles. The molecule has 1 aromatic carbocycles. The quantitative estimate of drug-likeness (QED) is 0.868. The van der Waals surface area contributed by atoms with Crippen LogP contribution in [0, 0.1) is 11.8 Å². The molecule has 2 heteroatoms. The minimum atomic E-state index is 0.337. The number of rotatable bonds is 4. The smallest absolute Gasteiger partial charge is 0.0175 e. The molecule has 1 saturated carbocycles. The van der Waals surface area contributed by atoms with Crippen LogP contribution in [0.5, 0.6) is 0 Å². The molecule has 100 valence electrons. The first kappa shape index (κ1) is 14.1. The van der Waals surface area contributed by atoms with E-state index in [4.69, 9.17) is 5.73 Å². The van der Waals surface area contributed by atoms with E-state index >= 15 is 0 Å². The van der Waals surface area contributed by atoms with E-state index in [2.05, 4.69) is 47.1 Å². The van der Waals surface area contributed by atoms with E-state index in [0.29, 0.717) is 6.04 Å². The van der Waals surface area contributed by atoms with Gasteiger partial charge in [-0.2, -0.15) is 0 Å². The van der Waals surface area contributed by atoms with Crippen LogP contribution in [0.4, 0.5) is 0 Å². The van der Waals surface area contributed by atoms with E-state index in [0.717, 1.165) is 22.7 Å². The largest absolute Gasteiger partial charge is 0.327 e. The average molecular weight is 310 g/mol. The van der Waals surface area contributed by atoms with Gasteiger partial charge in [-0.3, -0.25) is 0 Å². The minimum Gasteiger partial charge on any atom is -0.327 e. The van der Waals surface area contributed by atoms with E-state index in [1.807, 2.05) is 0 Å². The fourth-order valence-corrected chi connectivity index (χ4v) is 3.35. The molecule has 0 amide bonds. The predicted octanol–water partition coefficient (Wildman–Crippen LogP) is 4.54. The van der Waals surface area contributed by atoms with Crippen molar-refractivity contribution in [1.82, 2.24) is 0 Å². The first-order valence-electron chi connectivity index (χ1n) is 7.19. The molecule has 1 aliphatic carbocycles. The van der Waals surface area contributed by atoms with E-state index < -0.39 is 0 Å². The van der Waals surface area contributed by atoms with Crippen LogP contribution in [0.2, 0.25) is 0 Å². The van der Waals surface area contributed by atoms with Gasteiger partial charge in [0.25, 0.3) is 0 Å². The summed E-state index contributed by atoms with van der Waals surface area (Å²) in [5, 5.41) is 0. The fourth-order valence-electron chi connectivity index (χ4n) is 3.08. The normalized spacial score (nSPS) is 25.9. The van der Waals surface area contributed by atoms with Gasteiger partial charge in [0, 0.05) is 10.5 Å². The maximum atomic E-state index is 6.39. The van der Waals surface area contributed by atoms with Crippen LogP contribution in [-0.4, -0.2) is 6.04 Å². The molecule has 1 atom stereocenters. The van der Waals surface area contributed by atoms with E-state index in [9.17, 15) is 0 Å². The molecule has 1 fully saturated rings. The van der Waals surface area contributed by atoms with Crippen LogP contribution in [-0.2, 0) is 6.42 Å². The molecular formula is C16H24BrN. The molecule has 0 spiro atoms. The Morgan fingerprint density at radius 1 is 1.17 bits per heavy atom. The zero-order valence-corrected chi connectivity index (χ0v) is 12.8. The fraction of sp³-hybridized carbons (Fsp3) is 0.625. The summed E-state index contributed by atoms with van der Waals surface area (Å²) in [7, 11) is 0. The lowest BCUT2D eigenvalue weighted by molar-refractivity contribution is 0.238. The van der Waals surface area contributed by atoms with Crippen LogP contribution >= 0.6 is 15.9 Å². The lowest BCUT2D eigenvalue weighted by Crippen LogP contribution is -2.34. The van der Waals surface area contributed by atoms with Crippen LogP contribution in [0.1, 0.15) is 44.6 Å². The number of hydrogen-bond donors (Lipinski definition) is 1. The summed E-state index contributed by atoms with van der Waals surface area (Å²) in [5.74, 6) is 1.69. The van der Waals surface area contributed by atoms with Crippen LogP contribution in [0.15, 0.2) is 28.7 Å². The van der Waals surface area contributed by atoms with Gasteiger partial charge in [0.1, 0.15) is 0 Å². The first-order chi connectivity index (χ1) is 8.69. The van der Waals surface area contributed by atoms with Gasteiger partial charge in [-0.1, -0.05) is 54.2 Å². The van der Waals surface area contributed by atoms with Crippen molar-refractivity contribution in [3.63, 3.8) is 0 Å². The Hall–Kier alpha value is -0.340. The summed E-state index contributed by atoms with van der Waals surface area (Å²) in [4.78, 5) is 0. The summed E-state index contributed by atoms with van der Waals surface area (Å²) in [6, 6.07) is 8.92. The van der Waals surface area contributed by atoms with Crippen molar-refractivity contribution >= 4 is 15.9 Å². The number of benzene rings is 1. The third-order valence-electron chi connectivity index (χ3n) is 4.46. The zero-order valence-electron chi connectivity index (χ0n) is 11.2. The standard InChI is InChI=1S/C16H24BrN/c1-2-12-3-7-14(8-4-12)16(18)11-13-5-9-15(17)10-6-13/h5-6,9-10,12,14,16H,2-4,7-8,11,18H2,1H3. The topological polar surface area (TPSA) is 26.0 Å². The van der Waals surface area contributed by atoms with Gasteiger partial charge in [-0.15, -0.1) is 0 Å². The predicted molar refractivity (Wildman–Crippen MR) is 81.6 cm³/mol. The van der Waals surface area contributed by atoms with E-state index in [-0.39, 0.29) is 0 Å². The second-order valence-corrected chi connectivity index (χ2v) is 6.60. The number of halogens is 1. The Morgan fingerprint density at radius 3 is 2.33 bits per heavy atom. The highest BCUT2D eigenvalue weighted by molar-refractivity contribution is 9.10. The Kier molecular flexibility index (Phi) is 5.25. The summed E-state index contributed by atoms with van der Waals surface area (Å²) in [6.45, 7) is 2.31. The Labute approximate surface area is 119 Å². The Balaban J connectivity index is 1.85. The maximum Gasteiger partial charge on any atom is 0.0175 e. The van der Waals surface area contributed by atoms with Crippen molar-refractivity contribution in [3.8, 4) is 0 Å². The lowest BCUT2D eigenvalue weighted by Gasteiger charge is -2.31. The van der Waals surface area contributed by atoms with Gasteiger partial charge in [0.15, 0.2) is 0 Å². The average Bonchev–Trinajstić information content (AvgIpc) is 2.41. The third kappa shape index (κ3) is 3.83. The zero-order chi connectivity index (χ0) is 13.0. The van der Waals surface area contributed by atoms with Crippen molar-refractivity contribution in [1.29, 1.82) is 0 Å². The molecule has 1 aromatic rings. The Morgan fingerprint density at radius 2 is 1.78 bits per heavy atom. The minimum absolute atomic E-state index is 0.337. The monoisotopic (exact) mass is 309 g/mol. The first-order valence-corrected chi connectivity index (χ1v) is 7.98. The summed E-state index contributed by atoms with van der Waals surface area (Å²) < 4.78 is 1.14. The summed E-state index contributed by atoms with van der Waals surface area (Å²) in [6.07, 6.45) is 7.79. The molecular weight excluding hydrogens is 286 g/mol. The molecule has 0 heterocycles. The van der Waals surface area contributed by atoms with Crippen molar-refractivity contribution in [2.75, 3.05) is 0 Å². The second-order valence-electron chi connectivity index (χ2n) is 5.68. The van der Waals surface area contributed by atoms with Crippen molar-refractivity contribution in [3.05, 3.63) is 34.3 Å². The summed E-state index contributed by atoms with van der Waals surface area (Å²) >= 11 is 3.47. The van der Waals surface area contributed by atoms with Gasteiger partial charge in [-0.25, -0.2) is 0 Å². The highest BCUT2D eigenvalue weighted by Crippen LogP contribution is 2.32. The number of hydrogen-bond acceptors (Lipinski definition) is 1. The molecule has 18 heavy (non-hydrogen) atoms. The van der Waals surface area contributed by atoms with Crippen molar-refractivity contribution in [2.24, 2.45) is 17.6 Å². The Bertz CT molecular complexity index is 352. The SMILES string of the molecule is CCC1CCC(C(N)Cc2ccc(Br)cc2)CC1. The van der Waals surface area contributed by atoms with E-state index in [1.165, 1.54) is 37.7 Å². The molecule has 1 aliphatic rings. The van der Waals surface area contributed by atoms with Crippen molar-refractivity contribution in [2.45, 2.75) is 51.5 Å². The molecule has 0 bridgehead atoms.